The summed E-state index contributed by atoms with van der Waals surface area (Å²) in [5.74, 6) is -1.37. The van der Waals surface area contributed by atoms with Crippen molar-refractivity contribution in [2.75, 3.05) is 0 Å². The van der Waals surface area contributed by atoms with Crippen molar-refractivity contribution in [2.24, 2.45) is 0 Å². The fourth-order valence-corrected chi connectivity index (χ4v) is 4.60. The van der Waals surface area contributed by atoms with Gasteiger partial charge in [0.25, 0.3) is 11.8 Å². The summed E-state index contributed by atoms with van der Waals surface area (Å²) in [7, 11) is 0. The first kappa shape index (κ1) is 21.5. The van der Waals surface area contributed by atoms with Crippen molar-refractivity contribution < 1.29 is 14.4 Å². The lowest BCUT2D eigenvalue weighted by molar-refractivity contribution is -0.131. The minimum Gasteiger partial charge on any atom is -0.273 e. The van der Waals surface area contributed by atoms with Crippen LogP contribution in [0.3, 0.4) is 0 Å². The standard InChI is InChI=1S/C26H20N4O3S/c1-17(18-9-4-2-5-10-18)30-25(32)21(24(31)27-26(30)33)15-19-16-29(20-11-6-3-7-12-20)28-23(19)22-13-8-14-34-22/h2-17H,1H3,(H,27,31,33)/b21-15-/t17-/m0/s1. The van der Waals surface area contributed by atoms with Gasteiger partial charge in [0, 0.05) is 11.8 Å². The molecule has 5 rings (SSSR count). The second-order valence-electron chi connectivity index (χ2n) is 7.77. The number of hydrogen-bond donors (Lipinski definition) is 1. The highest BCUT2D eigenvalue weighted by Crippen LogP contribution is 2.31. The summed E-state index contributed by atoms with van der Waals surface area (Å²) in [6.45, 7) is 1.75. The Kier molecular flexibility index (Phi) is 5.65. The zero-order chi connectivity index (χ0) is 23.7. The molecule has 3 heterocycles. The Morgan fingerprint density at radius 1 is 0.941 bits per heavy atom. The minimum atomic E-state index is -0.734. The molecule has 0 saturated carbocycles. The van der Waals surface area contributed by atoms with Crippen LogP contribution >= 0.6 is 11.3 Å². The van der Waals surface area contributed by atoms with Gasteiger partial charge in [-0.1, -0.05) is 54.6 Å². The molecule has 34 heavy (non-hydrogen) atoms. The van der Waals surface area contributed by atoms with Gasteiger partial charge in [0.1, 0.15) is 11.3 Å². The van der Waals surface area contributed by atoms with Crippen LogP contribution in [0.1, 0.15) is 24.1 Å². The molecule has 0 bridgehead atoms. The largest absolute Gasteiger partial charge is 0.331 e. The molecule has 4 aromatic rings. The van der Waals surface area contributed by atoms with Gasteiger partial charge in [-0.25, -0.2) is 9.48 Å². The van der Waals surface area contributed by atoms with Crippen LogP contribution < -0.4 is 5.32 Å². The van der Waals surface area contributed by atoms with Crippen LogP contribution in [0.15, 0.2) is 89.9 Å². The molecule has 0 unspecified atom stereocenters. The van der Waals surface area contributed by atoms with E-state index >= 15 is 0 Å². The van der Waals surface area contributed by atoms with E-state index in [1.54, 1.807) is 17.8 Å². The van der Waals surface area contributed by atoms with E-state index in [4.69, 9.17) is 5.10 Å². The summed E-state index contributed by atoms with van der Waals surface area (Å²) in [5.41, 5.74) is 2.76. The summed E-state index contributed by atoms with van der Waals surface area (Å²) in [4.78, 5) is 40.7. The van der Waals surface area contributed by atoms with Crippen LogP contribution in [-0.4, -0.2) is 32.5 Å². The number of imide groups is 2. The first-order valence-corrected chi connectivity index (χ1v) is 11.6. The number of nitrogens with zero attached hydrogens (tertiary/aromatic N) is 3. The van der Waals surface area contributed by atoms with Crippen molar-refractivity contribution in [3.8, 4) is 16.3 Å². The number of para-hydroxylation sites is 1. The van der Waals surface area contributed by atoms with Crippen molar-refractivity contribution >= 4 is 35.3 Å². The topological polar surface area (TPSA) is 84.3 Å². The van der Waals surface area contributed by atoms with Crippen molar-refractivity contribution in [3.63, 3.8) is 0 Å². The number of nitrogens with one attached hydrogen (secondary N) is 1. The zero-order valence-corrected chi connectivity index (χ0v) is 19.0. The number of rotatable bonds is 5. The molecule has 1 N–H and O–H groups in total. The Morgan fingerprint density at radius 2 is 1.65 bits per heavy atom. The molecule has 168 valence electrons. The molecular weight excluding hydrogens is 448 g/mol. The van der Waals surface area contributed by atoms with Crippen molar-refractivity contribution in [2.45, 2.75) is 13.0 Å². The normalized spacial score (nSPS) is 16.1. The molecule has 2 aromatic heterocycles. The van der Waals surface area contributed by atoms with Gasteiger partial charge in [0.15, 0.2) is 0 Å². The monoisotopic (exact) mass is 468 g/mol. The molecule has 2 aromatic carbocycles. The zero-order valence-electron chi connectivity index (χ0n) is 18.2. The maximum absolute atomic E-state index is 13.4. The first-order valence-electron chi connectivity index (χ1n) is 10.7. The summed E-state index contributed by atoms with van der Waals surface area (Å²) >= 11 is 1.51. The van der Waals surface area contributed by atoms with E-state index in [1.807, 2.05) is 78.2 Å². The summed E-state index contributed by atoms with van der Waals surface area (Å²) < 4.78 is 1.71. The van der Waals surface area contributed by atoms with Gasteiger partial charge < -0.3 is 0 Å². The fourth-order valence-electron chi connectivity index (χ4n) is 3.87. The van der Waals surface area contributed by atoms with Crippen LogP contribution in [0.5, 0.6) is 0 Å². The second kappa shape index (κ2) is 8.92. The highest BCUT2D eigenvalue weighted by molar-refractivity contribution is 7.13. The Hall–Kier alpha value is -4.30. The molecule has 1 atom stereocenters. The average molecular weight is 469 g/mol. The molecule has 4 amide bonds. The van der Waals surface area contributed by atoms with Crippen LogP contribution in [0, 0.1) is 0 Å². The lowest BCUT2D eigenvalue weighted by Gasteiger charge is -2.31. The Balaban J connectivity index is 1.58. The van der Waals surface area contributed by atoms with Crippen molar-refractivity contribution in [3.05, 3.63) is 101 Å². The predicted octanol–water partition coefficient (Wildman–Crippen LogP) is 4.82. The number of carbonyl (C=O) groups excluding carboxylic acids is 3. The minimum absolute atomic E-state index is 0.118. The third kappa shape index (κ3) is 3.95. The molecule has 0 radical (unpaired) electrons. The average Bonchev–Trinajstić information content (AvgIpc) is 3.53. The van der Waals surface area contributed by atoms with Crippen LogP contribution in [0.25, 0.3) is 22.3 Å². The van der Waals surface area contributed by atoms with Gasteiger partial charge in [-0.3, -0.25) is 19.8 Å². The number of aromatic nitrogens is 2. The van der Waals surface area contributed by atoms with Crippen LogP contribution in [0.4, 0.5) is 4.79 Å². The van der Waals surface area contributed by atoms with Crippen LogP contribution in [-0.2, 0) is 9.59 Å². The van der Waals surface area contributed by atoms with Gasteiger partial charge in [-0.2, -0.15) is 5.10 Å². The Bertz CT molecular complexity index is 1390. The fraction of sp³-hybridized carbons (Fsp3) is 0.0769. The molecule has 1 fully saturated rings. The van der Waals surface area contributed by atoms with E-state index in [2.05, 4.69) is 5.32 Å². The molecule has 1 aliphatic rings. The molecule has 1 saturated heterocycles. The van der Waals surface area contributed by atoms with E-state index in [-0.39, 0.29) is 5.57 Å². The number of barbiturate groups is 1. The third-order valence-corrected chi connectivity index (χ3v) is 6.50. The lowest BCUT2D eigenvalue weighted by atomic mass is 10.0. The lowest BCUT2D eigenvalue weighted by Crippen LogP contribution is -2.54. The quantitative estimate of drug-likeness (QED) is 0.336. The number of benzene rings is 2. The highest BCUT2D eigenvalue weighted by Gasteiger charge is 2.39. The van der Waals surface area contributed by atoms with E-state index in [9.17, 15) is 14.4 Å². The van der Waals surface area contributed by atoms with Gasteiger partial charge in [-0.05, 0) is 42.1 Å². The number of urea groups is 1. The third-order valence-electron chi connectivity index (χ3n) is 5.62. The van der Waals surface area contributed by atoms with E-state index in [0.717, 1.165) is 21.0 Å². The Morgan fingerprint density at radius 3 is 2.32 bits per heavy atom. The number of carbonyl (C=O) groups is 3. The van der Waals surface area contributed by atoms with Gasteiger partial charge in [0.2, 0.25) is 0 Å². The van der Waals surface area contributed by atoms with Gasteiger partial charge >= 0.3 is 6.03 Å². The number of thiophene rings is 1. The smallest absolute Gasteiger partial charge is 0.273 e. The maximum Gasteiger partial charge on any atom is 0.331 e. The first-order chi connectivity index (χ1) is 16.5. The van der Waals surface area contributed by atoms with E-state index in [1.165, 1.54) is 17.4 Å². The molecule has 0 spiro atoms. The Labute approximate surface area is 200 Å². The van der Waals surface area contributed by atoms with Gasteiger partial charge in [0.05, 0.1) is 16.6 Å². The molecular formula is C26H20N4O3S. The van der Waals surface area contributed by atoms with Crippen molar-refractivity contribution in [1.82, 2.24) is 20.0 Å². The van der Waals surface area contributed by atoms with E-state index < -0.39 is 23.9 Å². The SMILES string of the molecule is C[C@@H](c1ccccc1)N1C(=O)NC(=O)/C(=C/c2cn(-c3ccccc3)nc2-c2cccs2)C1=O. The predicted molar refractivity (Wildman–Crippen MR) is 130 cm³/mol. The van der Waals surface area contributed by atoms with Crippen molar-refractivity contribution in [1.29, 1.82) is 0 Å². The number of amides is 4. The van der Waals surface area contributed by atoms with E-state index in [0.29, 0.717) is 11.3 Å². The summed E-state index contributed by atoms with van der Waals surface area (Å²) in [5, 5.41) is 8.96. The molecule has 0 aliphatic carbocycles. The summed E-state index contributed by atoms with van der Waals surface area (Å²) in [6.07, 6.45) is 3.29. The molecule has 8 heteroatoms. The van der Waals surface area contributed by atoms with Gasteiger partial charge in [-0.15, -0.1) is 11.3 Å². The summed E-state index contributed by atoms with van der Waals surface area (Å²) in [6, 6.07) is 21.4. The molecule has 1 aliphatic heterocycles. The second-order valence-corrected chi connectivity index (χ2v) is 8.72. The van der Waals surface area contributed by atoms with Crippen LogP contribution in [0.2, 0.25) is 0 Å². The highest BCUT2D eigenvalue weighted by atomic mass is 32.1. The molecule has 7 nitrogen and oxygen atoms in total. The number of hydrogen-bond acceptors (Lipinski definition) is 5. The maximum atomic E-state index is 13.4.